The van der Waals surface area contributed by atoms with Crippen LogP contribution in [-0.2, 0) is 42.5 Å². The first-order chi connectivity index (χ1) is 37.8. The van der Waals surface area contributed by atoms with Crippen LogP contribution in [0.4, 0.5) is 0 Å². The molecule has 1 heterocycles. The molecule has 0 aromatic heterocycles. The fourth-order valence-electron chi connectivity index (χ4n) is 10.8. The van der Waals surface area contributed by atoms with Crippen LogP contribution < -0.4 is 10.4 Å². The minimum Gasteiger partial charge on any atom is -0.184 e. The largest absolute Gasteiger partial charge is 0.184 e. The minimum absolute atomic E-state index is 0.100. The predicted molar refractivity (Wildman–Crippen MR) is 351 cm³/mol. The molecule has 11 rings (SSSR count). The topological polar surface area (TPSA) is 0 Å². The molecule has 0 N–H and O–H groups in total. The molecule has 80 heavy (non-hydrogen) atoms. The van der Waals surface area contributed by atoms with Crippen LogP contribution in [0.1, 0.15) is 156 Å². The summed E-state index contributed by atoms with van der Waals surface area (Å²) in [5, 5.41) is 8.19. The van der Waals surface area contributed by atoms with Gasteiger partial charge in [-0.3, -0.25) is 0 Å². The third kappa shape index (κ3) is 14.1. The Bertz CT molecular complexity index is 3400. The van der Waals surface area contributed by atoms with Crippen LogP contribution in [-0.4, -0.2) is 9.52 Å². The maximum Gasteiger partial charge on any atom is 0.0920 e. The summed E-state index contributed by atoms with van der Waals surface area (Å²) in [5.41, 5.74) is 22.3. The monoisotopic (exact) mass is 1180 g/mol. The smallest absolute Gasteiger partial charge is 0.0920 e. The van der Waals surface area contributed by atoms with E-state index in [4.69, 9.17) is 17.0 Å². The zero-order chi connectivity index (χ0) is 57.9. The molecule has 0 saturated heterocycles. The van der Waals surface area contributed by atoms with Crippen LogP contribution >= 0.6 is 17.0 Å². The molecular formula is C76H81Cl2SiZr-3. The van der Waals surface area contributed by atoms with Gasteiger partial charge in [-0.1, -0.05) is 277 Å². The molecule has 0 aliphatic carbocycles. The van der Waals surface area contributed by atoms with Crippen LogP contribution in [0.3, 0.4) is 0 Å². The molecule has 0 saturated carbocycles. The van der Waals surface area contributed by atoms with Gasteiger partial charge in [-0.05, 0) is 78.0 Å². The summed E-state index contributed by atoms with van der Waals surface area (Å²) in [6.07, 6.45) is 0. The van der Waals surface area contributed by atoms with Crippen LogP contribution in [0, 0.1) is 6.07 Å². The summed E-state index contributed by atoms with van der Waals surface area (Å²) in [5.74, 6) is 0.918. The van der Waals surface area contributed by atoms with Crippen molar-refractivity contribution in [2.75, 3.05) is 0 Å². The second kappa shape index (κ2) is 25.0. The van der Waals surface area contributed by atoms with E-state index in [9.17, 15) is 0 Å². The van der Waals surface area contributed by atoms with E-state index >= 15 is 0 Å². The molecule has 1 aliphatic heterocycles. The Morgan fingerprint density at radius 2 is 0.775 bits per heavy atom. The van der Waals surface area contributed by atoms with Crippen molar-refractivity contribution in [3.63, 3.8) is 0 Å². The molecule has 0 bridgehead atoms. The number of benzene rings is 8. The molecular weight excluding hydrogens is 1100 g/mol. The second-order valence-electron chi connectivity index (χ2n) is 26.4. The van der Waals surface area contributed by atoms with Crippen LogP contribution in [0.5, 0.6) is 0 Å². The first kappa shape index (κ1) is 60.7. The summed E-state index contributed by atoms with van der Waals surface area (Å²) in [6.45, 7) is 37.1. The normalized spacial score (nSPS) is 12.3. The van der Waals surface area contributed by atoms with E-state index in [1.165, 1.54) is 121 Å². The Labute approximate surface area is 502 Å². The molecule has 10 aromatic rings. The van der Waals surface area contributed by atoms with Gasteiger partial charge < -0.3 is 0 Å². The van der Waals surface area contributed by atoms with Gasteiger partial charge in [-0.25, -0.2) is 0 Å². The molecule has 0 amide bonds. The number of rotatable bonds is 6. The first-order valence-corrected chi connectivity index (χ1v) is 35.8. The quantitative estimate of drug-likeness (QED) is 0.115. The zero-order valence-electron chi connectivity index (χ0n) is 50.3. The van der Waals surface area contributed by atoms with Crippen molar-refractivity contribution in [1.82, 2.24) is 0 Å². The van der Waals surface area contributed by atoms with Gasteiger partial charge in [0, 0.05) is 0 Å². The zero-order valence-corrected chi connectivity index (χ0v) is 55.3. The maximum absolute atomic E-state index is 4.93. The van der Waals surface area contributed by atoms with Crippen LogP contribution in [0.15, 0.2) is 188 Å². The minimum atomic E-state index is -0.826. The molecule has 0 atom stereocenters. The van der Waals surface area contributed by atoms with Gasteiger partial charge in [0.15, 0.2) is 0 Å². The molecule has 2 radical (unpaired) electrons. The number of hydrogen-bond donors (Lipinski definition) is 0. The van der Waals surface area contributed by atoms with Gasteiger partial charge in [0.25, 0.3) is 0 Å². The van der Waals surface area contributed by atoms with Gasteiger partial charge in [0.2, 0.25) is 0 Å². The number of fused-ring (bicyclic) bond motifs is 5. The van der Waals surface area contributed by atoms with Crippen molar-refractivity contribution in [1.29, 1.82) is 0 Å². The van der Waals surface area contributed by atoms with Crippen molar-refractivity contribution in [2.24, 2.45) is 0 Å². The van der Waals surface area contributed by atoms with Crippen molar-refractivity contribution >= 4 is 58.5 Å². The maximum atomic E-state index is 4.93. The summed E-state index contributed by atoms with van der Waals surface area (Å²) in [4.78, 5) is 0. The van der Waals surface area contributed by atoms with Crippen molar-refractivity contribution in [3.8, 4) is 55.6 Å². The molecule has 0 spiro atoms. The Kier molecular flexibility index (Phi) is 19.0. The van der Waals surface area contributed by atoms with E-state index in [0.29, 0.717) is 11.8 Å². The van der Waals surface area contributed by atoms with E-state index in [1.807, 2.05) is 6.07 Å². The van der Waals surface area contributed by atoms with Gasteiger partial charge in [-0.15, -0.1) is 74.6 Å². The Morgan fingerprint density at radius 1 is 0.412 bits per heavy atom. The van der Waals surface area contributed by atoms with Crippen molar-refractivity contribution in [2.45, 2.75) is 144 Å². The number of hydrogen-bond acceptors (Lipinski definition) is 0. The van der Waals surface area contributed by atoms with Crippen LogP contribution in [0.25, 0.3) is 77.2 Å². The molecule has 0 fully saturated rings. The summed E-state index contributed by atoms with van der Waals surface area (Å²) in [6, 6.07) is 73.0. The fourth-order valence-corrected chi connectivity index (χ4v) is 12.1. The Hall–Kier alpha value is -5.34. The van der Waals surface area contributed by atoms with E-state index in [0.717, 1.165) is 9.52 Å². The Morgan fingerprint density at radius 3 is 1.15 bits per heavy atom. The SMILES string of the molecule is CC(C)c1ccc2[cH-]c(-c3ccccc3)cc2c1-c1cc(C(C)(C)C)cc(C(C)(C)C)c1.CC(C)c1ccc2[cH-]c(-c3ccccc3)cc2c1-c1cc(C(C)(C)C)cc(C(C)(C)C)c1.[Cl][Zr][Cl].[c-]1cccc2c1[Si]c1ccccc1-2. The predicted octanol–water partition coefficient (Wildman–Crippen LogP) is 21.7. The first-order valence-electron chi connectivity index (χ1n) is 28.5. The van der Waals surface area contributed by atoms with Crippen molar-refractivity contribution < 1.29 is 20.8 Å². The van der Waals surface area contributed by atoms with Gasteiger partial charge in [0.05, 0.1) is 9.52 Å². The second-order valence-corrected chi connectivity index (χ2v) is 31.4. The molecule has 1 aliphatic rings. The summed E-state index contributed by atoms with van der Waals surface area (Å²) >= 11 is -0.826. The summed E-state index contributed by atoms with van der Waals surface area (Å²) < 4.78 is 0. The third-order valence-electron chi connectivity index (χ3n) is 15.5. The molecule has 10 aromatic carbocycles. The molecule has 0 unspecified atom stereocenters. The van der Waals surface area contributed by atoms with Crippen molar-refractivity contribution in [3.05, 3.63) is 228 Å². The summed E-state index contributed by atoms with van der Waals surface area (Å²) in [7, 11) is 10.7. The van der Waals surface area contributed by atoms with E-state index < -0.39 is 20.8 Å². The fraction of sp³-hybridized carbons (Fsp3) is 0.289. The molecule has 410 valence electrons. The van der Waals surface area contributed by atoms with E-state index in [1.54, 1.807) is 0 Å². The number of halogens is 2. The van der Waals surface area contributed by atoms with Gasteiger partial charge in [0.1, 0.15) is 0 Å². The Balaban J connectivity index is 0.000000165. The average Bonchev–Trinajstić information content (AvgIpc) is 4.33. The standard InChI is InChI=1S/2C32H37.C12H7Si.2ClH.Zr/c2*1-21(2)28-15-14-23-16-24(22-12-10-9-11-13-22)19-29(23)30(28)25-17-26(31(3,4)5)20-27(18-25)32(6,7)8;1-3-7-11-9(5-1)10-6-2-4-8-12(10)13-11;;;/h2*9-21H,1-8H3;1-7H;2*1H;/q3*-1;;;+2/p-2. The molecule has 0 nitrogen and oxygen atoms in total. The molecule has 4 heteroatoms. The van der Waals surface area contributed by atoms with E-state index in [-0.39, 0.29) is 21.7 Å². The van der Waals surface area contributed by atoms with E-state index in [2.05, 4.69) is 299 Å². The third-order valence-corrected chi connectivity index (χ3v) is 16.9. The van der Waals surface area contributed by atoms with Crippen LogP contribution in [0.2, 0.25) is 0 Å². The van der Waals surface area contributed by atoms with Gasteiger partial charge >= 0.3 is 37.9 Å². The average molecular weight is 1180 g/mol. The van der Waals surface area contributed by atoms with Gasteiger partial charge in [-0.2, -0.15) is 29.5 Å².